The Balaban J connectivity index is 1.33. The van der Waals surface area contributed by atoms with Crippen molar-refractivity contribution in [2.45, 2.75) is 18.7 Å². The molecular weight excluding hydrogens is 500 g/mol. The number of hydrogen-bond donors (Lipinski definition) is 2. The minimum Gasteiger partial charge on any atom is -0.435 e. The number of amides is 4. The van der Waals surface area contributed by atoms with Gasteiger partial charge in [0.2, 0.25) is 0 Å². The van der Waals surface area contributed by atoms with Gasteiger partial charge in [0.05, 0.1) is 12.9 Å². The number of carbonyl (C=O) groups is 3. The molecule has 2 aliphatic rings. The molecule has 2 aromatic heterocycles. The van der Waals surface area contributed by atoms with E-state index in [2.05, 4.69) is 30.3 Å². The number of ether oxygens (including phenoxy) is 1. The maximum absolute atomic E-state index is 13.2. The highest BCUT2D eigenvalue weighted by atomic mass is 19.3. The zero-order chi connectivity index (χ0) is 26.6. The lowest BCUT2D eigenvalue weighted by Gasteiger charge is -2.31. The Morgan fingerprint density at radius 1 is 1.08 bits per heavy atom. The number of carbonyl (C=O) groups excluding carboxylic acids is 3. The Morgan fingerprint density at radius 2 is 1.87 bits per heavy atom. The van der Waals surface area contributed by atoms with Crippen molar-refractivity contribution in [1.82, 2.24) is 35.1 Å². The van der Waals surface area contributed by atoms with E-state index in [1.54, 1.807) is 35.2 Å². The van der Waals surface area contributed by atoms with Gasteiger partial charge in [-0.25, -0.2) is 19.7 Å². The molecule has 1 fully saturated rings. The second-order valence-corrected chi connectivity index (χ2v) is 9.00. The normalized spacial score (nSPS) is 18.7. The lowest BCUT2D eigenvalue weighted by atomic mass is 9.88. The highest BCUT2D eigenvalue weighted by Gasteiger charge is 2.50. The monoisotopic (exact) mass is 519 g/mol. The van der Waals surface area contributed by atoms with Crippen LogP contribution < -0.4 is 15.4 Å². The molecule has 6 rings (SSSR count). The molecule has 0 saturated carbocycles. The number of nitrogens with zero attached hydrogens (tertiary/aromatic N) is 5. The van der Waals surface area contributed by atoms with Crippen molar-refractivity contribution in [2.75, 3.05) is 6.54 Å². The molecule has 2 aromatic carbocycles. The van der Waals surface area contributed by atoms with Gasteiger partial charge in [-0.2, -0.15) is 8.78 Å². The molecule has 192 valence electrons. The second-order valence-electron chi connectivity index (χ2n) is 9.00. The van der Waals surface area contributed by atoms with E-state index in [1.807, 2.05) is 7.05 Å². The van der Waals surface area contributed by atoms with Crippen molar-refractivity contribution in [3.8, 4) is 17.0 Å². The molecule has 0 radical (unpaired) electrons. The molecule has 4 heterocycles. The summed E-state index contributed by atoms with van der Waals surface area (Å²) < 4.78 is 31.5. The van der Waals surface area contributed by atoms with Gasteiger partial charge in [0, 0.05) is 24.7 Å². The topological polar surface area (TPSA) is 131 Å². The van der Waals surface area contributed by atoms with Crippen LogP contribution in [0, 0.1) is 0 Å². The summed E-state index contributed by atoms with van der Waals surface area (Å²) in [6.45, 7) is -3.08. The first-order valence-corrected chi connectivity index (χ1v) is 11.5. The summed E-state index contributed by atoms with van der Waals surface area (Å²) in [6.07, 6.45) is 3.08. The number of benzene rings is 2. The number of halogens is 2. The number of aryl methyl sites for hydroxylation is 1. The lowest BCUT2D eigenvalue weighted by Crippen LogP contribution is -2.52. The maximum atomic E-state index is 13.2. The van der Waals surface area contributed by atoms with Gasteiger partial charge in [0.1, 0.15) is 23.3 Å². The van der Waals surface area contributed by atoms with Gasteiger partial charge >= 0.3 is 12.6 Å². The smallest absolute Gasteiger partial charge is 0.387 e. The molecule has 13 heteroatoms. The van der Waals surface area contributed by atoms with Crippen molar-refractivity contribution in [3.05, 3.63) is 71.8 Å². The van der Waals surface area contributed by atoms with Crippen LogP contribution in [0.2, 0.25) is 0 Å². The largest absolute Gasteiger partial charge is 0.435 e. The quantitative estimate of drug-likeness (QED) is 0.374. The molecule has 1 atom stereocenters. The van der Waals surface area contributed by atoms with E-state index in [-0.39, 0.29) is 24.4 Å². The minimum atomic E-state index is -3.03. The summed E-state index contributed by atoms with van der Waals surface area (Å²) in [5, 5.41) is 4.94. The van der Waals surface area contributed by atoms with Gasteiger partial charge in [0.25, 0.3) is 11.8 Å². The molecule has 0 bridgehead atoms. The van der Waals surface area contributed by atoms with Crippen LogP contribution in [0.4, 0.5) is 13.6 Å². The molecule has 0 spiro atoms. The summed E-state index contributed by atoms with van der Waals surface area (Å²) in [5.74, 6) is -1.23. The molecule has 0 aliphatic carbocycles. The number of urea groups is 1. The van der Waals surface area contributed by atoms with E-state index in [1.165, 1.54) is 29.4 Å². The summed E-state index contributed by atoms with van der Waals surface area (Å²) >= 11 is 0. The molecule has 4 amide bonds. The average molecular weight is 519 g/mol. The van der Waals surface area contributed by atoms with Crippen LogP contribution in [0.3, 0.4) is 0 Å². The maximum Gasteiger partial charge on any atom is 0.387 e. The summed E-state index contributed by atoms with van der Waals surface area (Å²) in [5.41, 5.74) is 2.26. The molecule has 11 nitrogen and oxygen atoms in total. The fraction of sp³-hybridized carbons (Fsp3) is 0.200. The number of nitrogens with one attached hydrogen (secondary N) is 2. The van der Waals surface area contributed by atoms with Crippen molar-refractivity contribution in [1.29, 1.82) is 0 Å². The Kier molecular flexibility index (Phi) is 5.29. The Labute approximate surface area is 213 Å². The molecule has 1 saturated heterocycles. The van der Waals surface area contributed by atoms with Gasteiger partial charge in [-0.05, 0) is 23.3 Å². The van der Waals surface area contributed by atoms with Crippen LogP contribution >= 0.6 is 0 Å². The van der Waals surface area contributed by atoms with Gasteiger partial charge in [0.15, 0.2) is 11.2 Å². The Hall–Kier alpha value is -4.94. The average Bonchev–Trinajstić information content (AvgIpc) is 3.52. The van der Waals surface area contributed by atoms with Crippen molar-refractivity contribution in [2.24, 2.45) is 7.05 Å². The van der Waals surface area contributed by atoms with Crippen molar-refractivity contribution in [3.63, 3.8) is 0 Å². The second kappa shape index (κ2) is 8.57. The number of rotatable bonds is 6. The third-order valence-electron chi connectivity index (χ3n) is 6.70. The summed E-state index contributed by atoms with van der Waals surface area (Å²) in [6, 6.07) is 10.3. The molecule has 2 N–H and O–H groups in total. The van der Waals surface area contributed by atoms with Gasteiger partial charge in [-0.15, -0.1) is 0 Å². The number of imide groups is 1. The number of hydrogen-bond acceptors (Lipinski definition) is 7. The first-order chi connectivity index (χ1) is 18.2. The van der Waals surface area contributed by atoms with Gasteiger partial charge in [-0.3, -0.25) is 14.9 Å². The van der Waals surface area contributed by atoms with E-state index >= 15 is 0 Å². The van der Waals surface area contributed by atoms with Gasteiger partial charge in [-0.1, -0.05) is 30.3 Å². The predicted octanol–water partition coefficient (Wildman–Crippen LogP) is 2.32. The summed E-state index contributed by atoms with van der Waals surface area (Å²) in [7, 11) is 1.82. The molecule has 0 unspecified atom stereocenters. The standard InChI is InChI=1S/C25H19F2N7O4/c1-33-12-30-19-18(28-11-29-20(19)33)13-2-5-15(6-3-13)25(22(36)31-24(37)32-25)10-34-9-14-4-7-16(38-23(26)27)8-17(14)21(34)35/h2-8,11-12,23H,9-10H2,1H3,(H2,31,32,36,37)/t25-/m0/s1. The number of alkyl halides is 2. The summed E-state index contributed by atoms with van der Waals surface area (Å²) in [4.78, 5) is 52.9. The fourth-order valence-corrected chi connectivity index (χ4v) is 4.90. The zero-order valence-corrected chi connectivity index (χ0v) is 19.8. The van der Waals surface area contributed by atoms with Crippen LogP contribution in [0.25, 0.3) is 22.4 Å². The SMILES string of the molecule is Cn1cnc2c(-c3ccc([C@]4(CN5Cc6ccc(OC(F)F)cc6C5=O)NC(=O)NC4=O)cc3)ncnc21. The van der Waals surface area contributed by atoms with E-state index < -0.39 is 30.0 Å². The highest BCUT2D eigenvalue weighted by Crippen LogP contribution is 2.34. The Bertz CT molecular complexity index is 1620. The highest BCUT2D eigenvalue weighted by molar-refractivity contribution is 6.08. The van der Waals surface area contributed by atoms with Crippen LogP contribution in [0.1, 0.15) is 21.5 Å². The molecule has 38 heavy (non-hydrogen) atoms. The van der Waals surface area contributed by atoms with Crippen LogP contribution in [-0.4, -0.2) is 55.4 Å². The first-order valence-electron chi connectivity index (χ1n) is 11.5. The number of fused-ring (bicyclic) bond motifs is 2. The number of aromatic nitrogens is 4. The molecular formula is C25H19F2N7O4. The molecule has 4 aromatic rings. The van der Waals surface area contributed by atoms with E-state index in [0.717, 1.165) is 5.56 Å². The first kappa shape index (κ1) is 23.5. The predicted molar refractivity (Wildman–Crippen MR) is 128 cm³/mol. The number of imidazole rings is 1. The third kappa shape index (κ3) is 3.70. The molecule has 2 aliphatic heterocycles. The third-order valence-corrected chi connectivity index (χ3v) is 6.70. The van der Waals surface area contributed by atoms with Crippen molar-refractivity contribution < 1.29 is 27.9 Å². The lowest BCUT2D eigenvalue weighted by molar-refractivity contribution is -0.124. The zero-order valence-electron chi connectivity index (χ0n) is 19.8. The van der Waals surface area contributed by atoms with Crippen LogP contribution in [-0.2, 0) is 23.9 Å². The van der Waals surface area contributed by atoms with Gasteiger partial charge < -0.3 is 19.5 Å². The van der Waals surface area contributed by atoms with E-state index in [9.17, 15) is 23.2 Å². The van der Waals surface area contributed by atoms with E-state index in [0.29, 0.717) is 28.0 Å². The van der Waals surface area contributed by atoms with Crippen molar-refractivity contribution >= 4 is 29.0 Å². The van der Waals surface area contributed by atoms with Crippen LogP contribution in [0.5, 0.6) is 5.75 Å². The minimum absolute atomic E-state index is 0.130. The fourth-order valence-electron chi connectivity index (χ4n) is 4.90. The van der Waals surface area contributed by atoms with Crippen LogP contribution in [0.15, 0.2) is 55.1 Å². The Morgan fingerprint density at radius 3 is 2.58 bits per heavy atom. The van der Waals surface area contributed by atoms with E-state index in [4.69, 9.17) is 0 Å².